The number of thiazole rings is 1. The lowest BCUT2D eigenvalue weighted by molar-refractivity contribution is 0.141. The maximum Gasteiger partial charge on any atom is 0.180 e. The van der Waals surface area contributed by atoms with Crippen molar-refractivity contribution in [2.75, 3.05) is 32.5 Å². The van der Waals surface area contributed by atoms with Gasteiger partial charge >= 0.3 is 0 Å². The molecule has 2 N–H and O–H groups in total. The van der Waals surface area contributed by atoms with Gasteiger partial charge in [-0.1, -0.05) is 0 Å². The molecule has 1 aromatic rings. The summed E-state index contributed by atoms with van der Waals surface area (Å²) >= 11 is 1.61. The fourth-order valence-corrected chi connectivity index (χ4v) is 2.60. The third-order valence-corrected chi connectivity index (χ3v) is 3.35. The standard InChI is InChI=1S/C9H15N3OS/c1-13-5-4-12-3-2-7-8(6-12)14-9(10)11-7/h2-6H2,1H3,(H2,10,11). The maximum absolute atomic E-state index is 5.67. The zero-order valence-corrected chi connectivity index (χ0v) is 9.14. The van der Waals surface area contributed by atoms with E-state index in [0.717, 1.165) is 32.7 Å². The molecule has 0 aliphatic carbocycles. The molecule has 0 saturated carbocycles. The van der Waals surface area contributed by atoms with Crippen molar-refractivity contribution >= 4 is 16.5 Å². The highest BCUT2D eigenvalue weighted by atomic mass is 32.1. The molecule has 0 radical (unpaired) electrons. The molecule has 4 nitrogen and oxygen atoms in total. The summed E-state index contributed by atoms with van der Waals surface area (Å²) in [5, 5.41) is 0.698. The molecule has 1 aliphatic rings. The zero-order chi connectivity index (χ0) is 9.97. The summed E-state index contributed by atoms with van der Waals surface area (Å²) in [5.41, 5.74) is 6.86. The van der Waals surface area contributed by atoms with Crippen LogP contribution in [-0.4, -0.2) is 36.7 Å². The van der Waals surface area contributed by atoms with Gasteiger partial charge in [-0.2, -0.15) is 0 Å². The molecule has 0 amide bonds. The first-order valence-electron chi connectivity index (χ1n) is 4.75. The molecule has 78 valence electrons. The van der Waals surface area contributed by atoms with E-state index in [9.17, 15) is 0 Å². The van der Waals surface area contributed by atoms with E-state index in [2.05, 4.69) is 9.88 Å². The summed E-state index contributed by atoms with van der Waals surface area (Å²) in [6.07, 6.45) is 1.02. The number of anilines is 1. The Labute approximate surface area is 87.7 Å². The first kappa shape index (κ1) is 9.89. The van der Waals surface area contributed by atoms with E-state index >= 15 is 0 Å². The minimum absolute atomic E-state index is 0.698. The van der Waals surface area contributed by atoms with E-state index in [-0.39, 0.29) is 0 Å². The molecule has 0 saturated heterocycles. The number of nitrogen functional groups attached to an aromatic ring is 1. The summed E-state index contributed by atoms with van der Waals surface area (Å²) in [7, 11) is 1.74. The lowest BCUT2D eigenvalue weighted by atomic mass is 10.2. The fourth-order valence-electron chi connectivity index (χ4n) is 1.68. The van der Waals surface area contributed by atoms with Crippen LogP contribution in [0, 0.1) is 0 Å². The number of hydrogen-bond acceptors (Lipinski definition) is 5. The van der Waals surface area contributed by atoms with Gasteiger partial charge in [0.15, 0.2) is 5.13 Å². The van der Waals surface area contributed by atoms with E-state index in [4.69, 9.17) is 10.5 Å². The topological polar surface area (TPSA) is 51.4 Å². The first-order chi connectivity index (χ1) is 6.79. The minimum Gasteiger partial charge on any atom is -0.383 e. The molecule has 5 heteroatoms. The number of methoxy groups -OCH3 is 1. The van der Waals surface area contributed by atoms with Crippen LogP contribution in [0.25, 0.3) is 0 Å². The van der Waals surface area contributed by atoms with Crippen LogP contribution in [0.3, 0.4) is 0 Å². The number of ether oxygens (including phenoxy) is 1. The predicted molar refractivity (Wildman–Crippen MR) is 57.4 cm³/mol. The van der Waals surface area contributed by atoms with Gasteiger partial charge < -0.3 is 10.5 Å². The van der Waals surface area contributed by atoms with E-state index in [0.29, 0.717) is 5.13 Å². The quantitative estimate of drug-likeness (QED) is 0.804. The number of hydrogen-bond donors (Lipinski definition) is 1. The number of fused-ring (bicyclic) bond motifs is 1. The maximum atomic E-state index is 5.67. The van der Waals surface area contributed by atoms with Gasteiger partial charge in [0.1, 0.15) is 0 Å². The lowest BCUT2D eigenvalue weighted by Gasteiger charge is -2.25. The van der Waals surface area contributed by atoms with Crippen molar-refractivity contribution in [2.45, 2.75) is 13.0 Å². The average Bonchev–Trinajstić information content (AvgIpc) is 2.54. The summed E-state index contributed by atoms with van der Waals surface area (Å²) in [4.78, 5) is 8.01. The largest absolute Gasteiger partial charge is 0.383 e. The van der Waals surface area contributed by atoms with Crippen LogP contribution in [0.5, 0.6) is 0 Å². The van der Waals surface area contributed by atoms with Crippen LogP contribution in [0.1, 0.15) is 10.6 Å². The molecule has 0 unspecified atom stereocenters. The van der Waals surface area contributed by atoms with E-state index in [1.165, 1.54) is 10.6 Å². The van der Waals surface area contributed by atoms with Gasteiger partial charge in [0.05, 0.1) is 12.3 Å². The molecule has 2 heterocycles. The summed E-state index contributed by atoms with van der Waals surface area (Å²) < 4.78 is 5.06. The Morgan fingerprint density at radius 2 is 2.50 bits per heavy atom. The Bertz CT molecular complexity index is 313. The molecule has 1 aliphatic heterocycles. The van der Waals surface area contributed by atoms with Gasteiger partial charge in [0.2, 0.25) is 0 Å². The highest BCUT2D eigenvalue weighted by molar-refractivity contribution is 7.15. The second kappa shape index (κ2) is 4.25. The molecule has 0 spiro atoms. The van der Waals surface area contributed by atoms with Gasteiger partial charge in [-0.15, -0.1) is 11.3 Å². The molecule has 14 heavy (non-hydrogen) atoms. The van der Waals surface area contributed by atoms with Crippen LogP contribution in [0.2, 0.25) is 0 Å². The highest BCUT2D eigenvalue weighted by Gasteiger charge is 2.19. The second-order valence-corrected chi connectivity index (χ2v) is 4.56. The predicted octanol–water partition coefficient (Wildman–Crippen LogP) is 0.730. The van der Waals surface area contributed by atoms with Crippen molar-refractivity contribution in [3.05, 3.63) is 10.6 Å². The Morgan fingerprint density at radius 3 is 3.29 bits per heavy atom. The van der Waals surface area contributed by atoms with Crippen LogP contribution in [0.4, 0.5) is 5.13 Å². The van der Waals surface area contributed by atoms with Crippen LogP contribution in [0.15, 0.2) is 0 Å². The third-order valence-electron chi connectivity index (χ3n) is 2.44. The molecule has 0 aromatic carbocycles. The SMILES string of the molecule is COCCN1CCc2nc(N)sc2C1. The summed E-state index contributed by atoms with van der Waals surface area (Å²) in [6.45, 7) is 3.84. The van der Waals surface area contributed by atoms with Crippen molar-refractivity contribution in [3.63, 3.8) is 0 Å². The molecule has 0 bridgehead atoms. The Kier molecular flexibility index (Phi) is 3.00. The van der Waals surface area contributed by atoms with E-state index in [1.54, 1.807) is 18.4 Å². The Morgan fingerprint density at radius 1 is 1.64 bits per heavy atom. The van der Waals surface area contributed by atoms with Crippen molar-refractivity contribution in [1.82, 2.24) is 9.88 Å². The first-order valence-corrected chi connectivity index (χ1v) is 5.56. The van der Waals surface area contributed by atoms with Gasteiger partial charge in [0, 0.05) is 38.0 Å². The number of aromatic nitrogens is 1. The molecular formula is C9H15N3OS. The van der Waals surface area contributed by atoms with Crippen LogP contribution >= 0.6 is 11.3 Å². The van der Waals surface area contributed by atoms with Crippen molar-refractivity contribution in [2.24, 2.45) is 0 Å². The molecule has 2 rings (SSSR count). The molecule has 0 fully saturated rings. The highest BCUT2D eigenvalue weighted by Crippen LogP contribution is 2.25. The fraction of sp³-hybridized carbons (Fsp3) is 0.667. The molecular weight excluding hydrogens is 198 g/mol. The van der Waals surface area contributed by atoms with Gasteiger partial charge in [-0.25, -0.2) is 4.98 Å². The molecule has 1 aromatic heterocycles. The lowest BCUT2D eigenvalue weighted by Crippen LogP contribution is -2.32. The normalized spacial score (nSPS) is 16.9. The number of nitrogens with zero attached hydrogens (tertiary/aromatic N) is 2. The average molecular weight is 213 g/mol. The van der Waals surface area contributed by atoms with Gasteiger partial charge in [-0.05, 0) is 0 Å². The van der Waals surface area contributed by atoms with E-state index < -0.39 is 0 Å². The van der Waals surface area contributed by atoms with Crippen LogP contribution in [-0.2, 0) is 17.7 Å². The number of nitrogens with two attached hydrogens (primary N) is 1. The van der Waals surface area contributed by atoms with Crippen molar-refractivity contribution < 1.29 is 4.74 Å². The van der Waals surface area contributed by atoms with Crippen LogP contribution < -0.4 is 5.73 Å². The van der Waals surface area contributed by atoms with E-state index in [1.807, 2.05) is 0 Å². The van der Waals surface area contributed by atoms with Gasteiger partial charge in [-0.3, -0.25) is 4.90 Å². The summed E-state index contributed by atoms with van der Waals surface area (Å²) in [6, 6.07) is 0. The second-order valence-electron chi connectivity index (χ2n) is 3.44. The van der Waals surface area contributed by atoms with Gasteiger partial charge in [0.25, 0.3) is 0 Å². The Hall–Kier alpha value is -0.650. The smallest absolute Gasteiger partial charge is 0.180 e. The zero-order valence-electron chi connectivity index (χ0n) is 8.32. The summed E-state index contributed by atoms with van der Waals surface area (Å²) in [5.74, 6) is 0. The van der Waals surface area contributed by atoms with Crippen molar-refractivity contribution in [3.8, 4) is 0 Å². The monoisotopic (exact) mass is 213 g/mol. The Balaban J connectivity index is 1.98. The number of rotatable bonds is 3. The van der Waals surface area contributed by atoms with Crippen molar-refractivity contribution in [1.29, 1.82) is 0 Å². The minimum atomic E-state index is 0.698. The molecule has 0 atom stereocenters. The third kappa shape index (κ3) is 2.05.